The first kappa shape index (κ1) is 18.1. The SMILES string of the molecule is Cc1ccc2[nH]ncc2c1NC(=O)c1cnc(Nc2cc(C)n(CCF)n2)s1. The van der Waals surface area contributed by atoms with E-state index in [9.17, 15) is 9.18 Å². The van der Waals surface area contributed by atoms with Crippen molar-refractivity contribution < 1.29 is 9.18 Å². The summed E-state index contributed by atoms with van der Waals surface area (Å²) in [6, 6.07) is 5.65. The number of rotatable bonds is 6. The Bertz CT molecular complexity index is 1150. The van der Waals surface area contributed by atoms with Gasteiger partial charge in [-0.05, 0) is 25.5 Å². The van der Waals surface area contributed by atoms with Crippen LogP contribution in [0, 0.1) is 13.8 Å². The van der Waals surface area contributed by atoms with E-state index in [0.29, 0.717) is 15.8 Å². The van der Waals surface area contributed by atoms with Gasteiger partial charge in [-0.3, -0.25) is 14.6 Å². The fourth-order valence-corrected chi connectivity index (χ4v) is 3.61. The van der Waals surface area contributed by atoms with Crippen molar-refractivity contribution in [2.45, 2.75) is 20.4 Å². The Balaban J connectivity index is 1.51. The Morgan fingerprint density at radius 1 is 1.32 bits per heavy atom. The summed E-state index contributed by atoms with van der Waals surface area (Å²) in [6.45, 7) is 3.51. The number of aryl methyl sites for hydroxylation is 3. The van der Waals surface area contributed by atoms with Gasteiger partial charge in [0, 0.05) is 17.1 Å². The van der Waals surface area contributed by atoms with Gasteiger partial charge in [0.2, 0.25) is 0 Å². The summed E-state index contributed by atoms with van der Waals surface area (Å²) >= 11 is 1.22. The number of benzene rings is 1. The van der Waals surface area contributed by atoms with Crippen molar-refractivity contribution in [1.82, 2.24) is 25.0 Å². The molecule has 0 saturated heterocycles. The Labute approximate surface area is 163 Å². The third-order valence-electron chi connectivity index (χ3n) is 4.31. The van der Waals surface area contributed by atoms with Crippen LogP contribution in [0.5, 0.6) is 0 Å². The van der Waals surface area contributed by atoms with Gasteiger partial charge in [0.05, 0.1) is 30.1 Å². The lowest BCUT2D eigenvalue weighted by atomic mass is 10.1. The van der Waals surface area contributed by atoms with Crippen LogP contribution in [0.15, 0.2) is 30.6 Å². The number of nitrogens with zero attached hydrogens (tertiary/aromatic N) is 4. The first-order valence-corrected chi connectivity index (χ1v) is 9.44. The van der Waals surface area contributed by atoms with Crippen LogP contribution in [0.25, 0.3) is 10.9 Å². The van der Waals surface area contributed by atoms with E-state index in [1.165, 1.54) is 17.5 Å². The second kappa shape index (κ2) is 7.39. The van der Waals surface area contributed by atoms with Crippen LogP contribution in [-0.2, 0) is 6.54 Å². The molecule has 4 aromatic rings. The molecule has 8 nitrogen and oxygen atoms in total. The zero-order chi connectivity index (χ0) is 19.7. The zero-order valence-electron chi connectivity index (χ0n) is 15.3. The first-order chi connectivity index (χ1) is 13.5. The zero-order valence-corrected chi connectivity index (χ0v) is 16.1. The number of hydrogen-bond donors (Lipinski definition) is 3. The number of H-pyrrole nitrogens is 1. The van der Waals surface area contributed by atoms with Crippen molar-refractivity contribution in [1.29, 1.82) is 0 Å². The molecule has 3 heterocycles. The Morgan fingerprint density at radius 2 is 2.18 bits per heavy atom. The summed E-state index contributed by atoms with van der Waals surface area (Å²) in [7, 11) is 0. The van der Waals surface area contributed by atoms with E-state index in [-0.39, 0.29) is 12.5 Å². The molecule has 0 bridgehead atoms. The maximum absolute atomic E-state index is 12.7. The lowest BCUT2D eigenvalue weighted by Crippen LogP contribution is -2.11. The predicted molar refractivity (Wildman–Crippen MR) is 107 cm³/mol. The van der Waals surface area contributed by atoms with Crippen molar-refractivity contribution in [3.63, 3.8) is 0 Å². The van der Waals surface area contributed by atoms with Crippen LogP contribution >= 0.6 is 11.3 Å². The monoisotopic (exact) mass is 399 g/mol. The minimum Gasteiger partial charge on any atom is -0.320 e. The van der Waals surface area contributed by atoms with E-state index in [4.69, 9.17) is 0 Å². The molecule has 1 amide bonds. The summed E-state index contributed by atoms with van der Waals surface area (Å²) in [5.41, 5.74) is 3.36. The van der Waals surface area contributed by atoms with E-state index < -0.39 is 6.67 Å². The van der Waals surface area contributed by atoms with Crippen LogP contribution in [0.1, 0.15) is 20.9 Å². The number of nitrogens with one attached hydrogen (secondary N) is 3. The van der Waals surface area contributed by atoms with Crippen molar-refractivity contribution >= 4 is 44.8 Å². The molecule has 0 saturated carbocycles. The summed E-state index contributed by atoms with van der Waals surface area (Å²) in [6.07, 6.45) is 3.20. The Morgan fingerprint density at radius 3 is 3.00 bits per heavy atom. The van der Waals surface area contributed by atoms with E-state index in [1.54, 1.807) is 16.9 Å². The van der Waals surface area contributed by atoms with E-state index >= 15 is 0 Å². The Kier molecular flexibility index (Phi) is 4.78. The molecule has 0 radical (unpaired) electrons. The van der Waals surface area contributed by atoms with Gasteiger partial charge in [0.1, 0.15) is 11.6 Å². The smallest absolute Gasteiger partial charge is 0.267 e. The third kappa shape index (κ3) is 3.46. The van der Waals surface area contributed by atoms with E-state index in [2.05, 4.69) is 30.9 Å². The van der Waals surface area contributed by atoms with Crippen LogP contribution in [0.4, 0.5) is 21.0 Å². The van der Waals surface area contributed by atoms with Crippen LogP contribution in [0.2, 0.25) is 0 Å². The fourth-order valence-electron chi connectivity index (χ4n) is 2.89. The average molecular weight is 399 g/mol. The minimum atomic E-state index is -0.480. The van der Waals surface area contributed by atoms with Crippen LogP contribution < -0.4 is 10.6 Å². The Hall–Kier alpha value is -3.27. The van der Waals surface area contributed by atoms with Crippen molar-refractivity contribution in [2.75, 3.05) is 17.3 Å². The van der Waals surface area contributed by atoms with Gasteiger partial charge in [-0.2, -0.15) is 10.2 Å². The molecular formula is C18H18FN7OS. The highest BCUT2D eigenvalue weighted by atomic mass is 32.1. The van der Waals surface area contributed by atoms with Crippen LogP contribution in [-0.4, -0.2) is 37.5 Å². The normalized spacial score (nSPS) is 11.1. The molecule has 3 N–H and O–H groups in total. The van der Waals surface area contributed by atoms with Gasteiger partial charge >= 0.3 is 0 Å². The largest absolute Gasteiger partial charge is 0.320 e. The number of carbonyl (C=O) groups excluding carboxylic acids is 1. The third-order valence-corrected chi connectivity index (χ3v) is 5.22. The molecule has 10 heteroatoms. The van der Waals surface area contributed by atoms with Gasteiger partial charge in [-0.25, -0.2) is 9.37 Å². The van der Waals surface area contributed by atoms with Gasteiger partial charge in [-0.15, -0.1) is 0 Å². The number of anilines is 3. The summed E-state index contributed by atoms with van der Waals surface area (Å²) in [5.74, 6) is 0.313. The molecule has 0 fully saturated rings. The molecule has 0 unspecified atom stereocenters. The highest BCUT2D eigenvalue weighted by Gasteiger charge is 2.15. The number of amides is 1. The second-order valence-corrected chi connectivity index (χ2v) is 7.31. The molecule has 1 aromatic carbocycles. The number of carbonyl (C=O) groups is 1. The number of alkyl halides is 1. The molecule has 4 rings (SSSR count). The lowest BCUT2D eigenvalue weighted by Gasteiger charge is -2.08. The minimum absolute atomic E-state index is 0.206. The molecule has 0 aliphatic rings. The molecule has 144 valence electrons. The topological polar surface area (TPSA) is 101 Å². The van der Waals surface area contributed by atoms with Gasteiger partial charge in [0.25, 0.3) is 5.91 Å². The first-order valence-electron chi connectivity index (χ1n) is 8.62. The van der Waals surface area contributed by atoms with Crippen molar-refractivity contribution in [3.8, 4) is 0 Å². The van der Waals surface area contributed by atoms with E-state index in [1.807, 2.05) is 26.0 Å². The number of thiazole rings is 1. The van der Waals surface area contributed by atoms with E-state index in [0.717, 1.165) is 27.8 Å². The molecule has 0 atom stereocenters. The average Bonchev–Trinajstić information content (AvgIpc) is 3.39. The van der Waals surface area contributed by atoms with Gasteiger partial charge in [-0.1, -0.05) is 17.4 Å². The van der Waals surface area contributed by atoms with Crippen LogP contribution in [0.3, 0.4) is 0 Å². The number of hydrogen-bond acceptors (Lipinski definition) is 6. The maximum atomic E-state index is 12.7. The number of halogens is 1. The van der Waals surface area contributed by atoms with Gasteiger partial charge in [0.15, 0.2) is 10.9 Å². The second-order valence-electron chi connectivity index (χ2n) is 6.28. The molecule has 3 aromatic heterocycles. The molecular weight excluding hydrogens is 381 g/mol. The predicted octanol–water partition coefficient (Wildman–Crippen LogP) is 3.80. The van der Waals surface area contributed by atoms with Crippen molar-refractivity contribution in [2.24, 2.45) is 0 Å². The fraction of sp³-hybridized carbons (Fsp3) is 0.222. The molecule has 0 aliphatic heterocycles. The quantitative estimate of drug-likeness (QED) is 0.458. The van der Waals surface area contributed by atoms with Crippen molar-refractivity contribution in [3.05, 3.63) is 46.7 Å². The summed E-state index contributed by atoms with van der Waals surface area (Å²) in [4.78, 5) is 17.4. The summed E-state index contributed by atoms with van der Waals surface area (Å²) < 4.78 is 14.1. The molecule has 0 spiro atoms. The standard InChI is InChI=1S/C18H18FN7OS/c1-10-3-4-13-12(8-21-24-13)16(10)23-17(27)14-9-20-18(28-14)22-15-7-11(2)26(25-15)6-5-19/h3-4,7-9H,5-6H2,1-2H3,(H,21,24)(H,23,27)(H,20,22,25). The molecule has 0 aliphatic carbocycles. The summed E-state index contributed by atoms with van der Waals surface area (Å²) in [5, 5.41) is 18.6. The number of aromatic amines is 1. The highest BCUT2D eigenvalue weighted by molar-refractivity contribution is 7.17. The number of fused-ring (bicyclic) bond motifs is 1. The number of aromatic nitrogens is 5. The van der Waals surface area contributed by atoms with Gasteiger partial charge < -0.3 is 10.6 Å². The lowest BCUT2D eigenvalue weighted by molar-refractivity contribution is 0.103. The maximum Gasteiger partial charge on any atom is 0.267 e. The highest BCUT2D eigenvalue weighted by Crippen LogP contribution is 2.28. The molecule has 28 heavy (non-hydrogen) atoms.